The highest BCUT2D eigenvalue weighted by molar-refractivity contribution is 5.92. The molecule has 12 heteroatoms. The highest BCUT2D eigenvalue weighted by Gasteiger charge is 2.81. The van der Waals surface area contributed by atoms with Gasteiger partial charge >= 0.3 is 17.9 Å². The molecule has 2 saturated heterocycles. The van der Waals surface area contributed by atoms with E-state index in [1.165, 1.54) is 26.7 Å². The summed E-state index contributed by atoms with van der Waals surface area (Å²) in [4.78, 5) is 53.3. The third-order valence-corrected chi connectivity index (χ3v) is 15.4. The zero-order valence-electron chi connectivity index (χ0n) is 36.7. The van der Waals surface area contributed by atoms with E-state index in [0.29, 0.717) is 32.4 Å². The van der Waals surface area contributed by atoms with Crippen molar-refractivity contribution in [3.63, 3.8) is 0 Å². The zero-order chi connectivity index (χ0) is 43.1. The van der Waals surface area contributed by atoms with Crippen LogP contribution in [0.5, 0.6) is 0 Å². The molecular weight excluding hydrogens is 761 g/mol. The van der Waals surface area contributed by atoms with E-state index in [2.05, 4.69) is 78.7 Å². The number of nitrogens with one attached hydrogen (secondary N) is 1. The van der Waals surface area contributed by atoms with Crippen LogP contribution < -0.4 is 0 Å². The third-order valence-electron chi connectivity index (χ3n) is 15.4. The monoisotopic (exact) mass is 822 g/mol. The van der Waals surface area contributed by atoms with Gasteiger partial charge in [0.1, 0.15) is 5.41 Å². The molecule has 0 radical (unpaired) electrons. The fraction of sp³-hybridized carbons (Fsp3) is 0.562. The number of allylic oxidation sites excluding steroid dienone is 1. The highest BCUT2D eigenvalue weighted by atomic mass is 16.6. The molecule has 6 aliphatic rings. The van der Waals surface area contributed by atoms with Gasteiger partial charge in [0.15, 0.2) is 6.10 Å². The first-order chi connectivity index (χ1) is 28.7. The van der Waals surface area contributed by atoms with Crippen LogP contribution in [0.3, 0.4) is 0 Å². The van der Waals surface area contributed by atoms with Crippen molar-refractivity contribution in [3.8, 4) is 0 Å². The lowest BCUT2D eigenvalue weighted by molar-refractivity contribution is -0.243. The summed E-state index contributed by atoms with van der Waals surface area (Å²) in [5.41, 5.74) is 1.26. The maximum Gasteiger partial charge on any atom is 0.344 e. The molecule has 0 bridgehead atoms. The fourth-order valence-corrected chi connectivity index (χ4v) is 13.2. The van der Waals surface area contributed by atoms with Gasteiger partial charge in [-0.1, -0.05) is 62.4 Å². The van der Waals surface area contributed by atoms with Crippen molar-refractivity contribution in [2.45, 2.75) is 88.7 Å². The number of likely N-dealkylation sites (N-methyl/N-ethyl adjacent to an activating group) is 2. The van der Waals surface area contributed by atoms with Crippen LogP contribution in [0.1, 0.15) is 63.3 Å². The van der Waals surface area contributed by atoms with E-state index in [9.17, 15) is 14.7 Å². The number of aliphatic hydroxyl groups is 1. The lowest BCUT2D eigenvalue weighted by Crippen LogP contribution is -2.79. The van der Waals surface area contributed by atoms with Gasteiger partial charge < -0.3 is 38.8 Å². The molecule has 8 rings (SSSR count). The first kappa shape index (κ1) is 42.2. The molecule has 10 atom stereocenters. The molecule has 2 N–H and O–H groups in total. The molecule has 1 saturated carbocycles. The number of hydrogen-bond donors (Lipinski definition) is 2. The number of likely N-dealkylation sites (tertiary alicyclic amines) is 1. The number of methoxy groups -OCH3 is 3. The molecule has 1 aromatic carbocycles. The first-order valence-electron chi connectivity index (χ1n) is 21.5. The van der Waals surface area contributed by atoms with Crippen molar-refractivity contribution < 1.29 is 38.4 Å². The van der Waals surface area contributed by atoms with Crippen LogP contribution in [-0.2, 0) is 38.7 Å². The van der Waals surface area contributed by atoms with Crippen LogP contribution in [0.25, 0.3) is 17.0 Å². The first-order valence-corrected chi connectivity index (χ1v) is 21.5. The van der Waals surface area contributed by atoms with E-state index >= 15 is 4.79 Å². The summed E-state index contributed by atoms with van der Waals surface area (Å²) in [6.07, 6.45) is 13.2. The van der Waals surface area contributed by atoms with Crippen LogP contribution in [0, 0.1) is 29.6 Å². The molecule has 12 nitrogen and oxygen atoms in total. The van der Waals surface area contributed by atoms with Crippen molar-refractivity contribution in [1.82, 2.24) is 19.7 Å². The number of carbonyl (C=O) groups excluding carboxylic acids is 3. The summed E-state index contributed by atoms with van der Waals surface area (Å²) >= 11 is 0. The molecule has 0 amide bonds. The molecule has 2 aliphatic carbocycles. The molecule has 5 heterocycles. The van der Waals surface area contributed by atoms with Crippen molar-refractivity contribution >= 4 is 34.9 Å². The molecule has 60 heavy (non-hydrogen) atoms. The topological polar surface area (TPSA) is 134 Å². The van der Waals surface area contributed by atoms with E-state index in [1.807, 2.05) is 37.1 Å². The van der Waals surface area contributed by atoms with E-state index in [1.54, 1.807) is 7.11 Å². The van der Waals surface area contributed by atoms with Crippen LogP contribution >= 0.6 is 0 Å². The van der Waals surface area contributed by atoms with E-state index in [-0.39, 0.29) is 17.9 Å². The Bertz CT molecular complexity index is 2240. The number of hydrogen-bond acceptors (Lipinski definition) is 11. The SMILES string of the molecule is C=Cc1ccc2[nH]c([C@@](C[C@H]3C=C(CC)CN(C)C3)(C(=O)OC)C3C=C4C(=CC3OC)N(C)[C@H]3[C@@](O)(C(=O)OC)[C@H](OC(C)=O)[C@]5(CC)C=CCN6CC[C@]43[C@@H]65)c(C)c2c1. The number of fused-ring (bicyclic) bond motifs is 2. The maximum atomic E-state index is 15.4. The van der Waals surface area contributed by atoms with Crippen LogP contribution in [0.4, 0.5) is 0 Å². The lowest BCUT2D eigenvalue weighted by atomic mass is 9.47. The number of benzene rings is 1. The van der Waals surface area contributed by atoms with Gasteiger partial charge in [-0.15, -0.1) is 0 Å². The van der Waals surface area contributed by atoms with Gasteiger partial charge in [-0.3, -0.25) is 14.5 Å². The number of aryl methyl sites for hydroxylation is 1. The Hall–Kier alpha value is -4.49. The number of ether oxygens (including phenoxy) is 4. The van der Waals surface area contributed by atoms with E-state index < -0.39 is 58.0 Å². The van der Waals surface area contributed by atoms with E-state index in [0.717, 1.165) is 58.5 Å². The Labute approximate surface area is 353 Å². The normalized spacial score (nSPS) is 34.4. The van der Waals surface area contributed by atoms with Gasteiger partial charge in [-0.25, -0.2) is 4.79 Å². The van der Waals surface area contributed by atoms with Crippen molar-refractivity contribution in [2.75, 3.05) is 61.6 Å². The summed E-state index contributed by atoms with van der Waals surface area (Å²) in [6, 6.07) is 4.99. The van der Waals surface area contributed by atoms with Crippen LogP contribution in [0.15, 0.2) is 72.0 Å². The minimum Gasteiger partial charge on any atom is -0.468 e. The van der Waals surface area contributed by atoms with Gasteiger partial charge in [0.2, 0.25) is 5.60 Å². The maximum absolute atomic E-state index is 15.4. The Morgan fingerprint density at radius 3 is 2.50 bits per heavy atom. The number of rotatable bonds is 11. The molecule has 322 valence electrons. The molecule has 2 aromatic rings. The van der Waals surface area contributed by atoms with E-state index in [4.69, 9.17) is 18.9 Å². The largest absolute Gasteiger partial charge is 0.468 e. The van der Waals surface area contributed by atoms with Crippen molar-refractivity contribution in [2.24, 2.45) is 22.7 Å². The molecule has 4 aliphatic heterocycles. The van der Waals surface area contributed by atoms with Gasteiger partial charge in [0.05, 0.1) is 26.4 Å². The lowest BCUT2D eigenvalue weighted by Gasteiger charge is -2.63. The quantitative estimate of drug-likeness (QED) is 0.170. The average molecular weight is 823 g/mol. The van der Waals surface area contributed by atoms with Crippen molar-refractivity contribution in [3.05, 3.63) is 88.8 Å². The number of aromatic amines is 1. The molecule has 1 spiro atoms. The van der Waals surface area contributed by atoms with Gasteiger partial charge in [0, 0.05) is 85.8 Å². The Morgan fingerprint density at radius 2 is 1.85 bits per heavy atom. The van der Waals surface area contributed by atoms with Crippen LogP contribution in [-0.4, -0.2) is 134 Å². The minimum absolute atomic E-state index is 0.00688. The second-order valence-corrected chi connectivity index (χ2v) is 18.2. The fourth-order valence-electron chi connectivity index (χ4n) is 13.2. The van der Waals surface area contributed by atoms with Gasteiger partial charge in [0.25, 0.3) is 0 Å². The Morgan fingerprint density at radius 1 is 1.08 bits per heavy atom. The smallest absolute Gasteiger partial charge is 0.344 e. The highest BCUT2D eigenvalue weighted by Crippen LogP contribution is 2.70. The predicted molar refractivity (Wildman–Crippen MR) is 230 cm³/mol. The average Bonchev–Trinajstić information content (AvgIpc) is 3.88. The summed E-state index contributed by atoms with van der Waals surface area (Å²) < 4.78 is 24.2. The number of aromatic nitrogens is 1. The molecule has 1 aromatic heterocycles. The molecule has 2 unspecified atom stereocenters. The zero-order valence-corrected chi connectivity index (χ0v) is 36.7. The summed E-state index contributed by atoms with van der Waals surface area (Å²) in [5.74, 6) is -2.43. The molecule has 3 fully saturated rings. The number of carbonyl (C=O) groups is 3. The third kappa shape index (κ3) is 5.66. The summed E-state index contributed by atoms with van der Waals surface area (Å²) in [6.45, 7) is 14.6. The summed E-state index contributed by atoms with van der Waals surface area (Å²) in [7, 11) is 8.42. The minimum atomic E-state index is -2.28. The Kier molecular flexibility index (Phi) is 10.7. The van der Waals surface area contributed by atoms with Gasteiger partial charge in [-0.2, -0.15) is 0 Å². The predicted octanol–water partition coefficient (Wildman–Crippen LogP) is 5.46. The molecular formula is C48H62N4O8. The number of esters is 3. The summed E-state index contributed by atoms with van der Waals surface area (Å²) in [5, 5.41) is 14.4. The second-order valence-electron chi connectivity index (χ2n) is 18.2. The number of H-pyrrole nitrogens is 1. The van der Waals surface area contributed by atoms with Crippen molar-refractivity contribution in [1.29, 1.82) is 0 Å². The Balaban J connectivity index is 1.43. The second kappa shape index (κ2) is 15.1. The number of nitrogens with zero attached hydrogens (tertiary/aromatic N) is 3. The van der Waals surface area contributed by atoms with Crippen LogP contribution in [0.2, 0.25) is 0 Å². The van der Waals surface area contributed by atoms with Gasteiger partial charge in [-0.05, 0) is 87.0 Å². The standard InChI is InChI=1S/C48H62N4O8/c1-11-30-15-16-36-33(22-30)28(4)39(49-36)47(43(54)58-9,25-32-21-31(12-2)26-50(6)27-32)35-23-34-37(24-38(35)57-8)51(7)41-46(34)18-20-52-19-14-17-45(13-3,40(46)52)42(60-29(5)53)48(41,56)44(55)59-10/h11,14-17,21-24,32,35,38,40-42,49,56H,1,12-13,18-20,25-27H2,2-10H3/t32-,35?,38?,40+,41-,42-,45-,46-,47+,48+/m1/s1.